The average molecular weight is 355 g/mol. The monoisotopic (exact) mass is 353 g/mol. The van der Waals surface area contributed by atoms with Crippen LogP contribution in [0.4, 0.5) is 0 Å². The molecular formula is C16H17BrClNO. The van der Waals surface area contributed by atoms with Gasteiger partial charge in [-0.05, 0) is 30.2 Å². The summed E-state index contributed by atoms with van der Waals surface area (Å²) in [6.07, 6.45) is -0.520. The first-order chi connectivity index (χ1) is 9.58. The number of halogens is 2. The minimum atomic E-state index is -0.520. The predicted molar refractivity (Wildman–Crippen MR) is 87.0 cm³/mol. The van der Waals surface area contributed by atoms with Crippen LogP contribution in [0, 0.1) is 0 Å². The van der Waals surface area contributed by atoms with E-state index in [1.807, 2.05) is 55.5 Å². The molecule has 2 aromatic rings. The van der Waals surface area contributed by atoms with Gasteiger partial charge in [0.15, 0.2) is 0 Å². The van der Waals surface area contributed by atoms with E-state index in [1.54, 1.807) is 0 Å². The number of hydrogen-bond donors (Lipinski definition) is 2. The topological polar surface area (TPSA) is 32.3 Å². The van der Waals surface area contributed by atoms with E-state index in [1.165, 1.54) is 0 Å². The zero-order valence-corrected chi connectivity index (χ0v) is 13.5. The number of benzene rings is 2. The molecule has 0 saturated heterocycles. The second-order valence-electron chi connectivity index (χ2n) is 4.72. The quantitative estimate of drug-likeness (QED) is 0.829. The van der Waals surface area contributed by atoms with Crippen molar-refractivity contribution in [2.75, 3.05) is 6.54 Å². The van der Waals surface area contributed by atoms with Crippen LogP contribution in [-0.4, -0.2) is 11.7 Å². The van der Waals surface area contributed by atoms with Crippen molar-refractivity contribution in [2.45, 2.75) is 19.1 Å². The molecule has 20 heavy (non-hydrogen) atoms. The van der Waals surface area contributed by atoms with E-state index in [-0.39, 0.29) is 6.04 Å². The van der Waals surface area contributed by atoms with Crippen molar-refractivity contribution in [3.8, 4) is 0 Å². The molecule has 0 saturated carbocycles. The molecule has 0 bridgehead atoms. The molecule has 0 spiro atoms. The van der Waals surface area contributed by atoms with Crippen LogP contribution in [0.15, 0.2) is 53.0 Å². The maximum atomic E-state index is 10.1. The van der Waals surface area contributed by atoms with Gasteiger partial charge in [0.1, 0.15) is 0 Å². The molecule has 0 heterocycles. The molecule has 106 valence electrons. The van der Waals surface area contributed by atoms with E-state index in [9.17, 15) is 5.11 Å². The Kier molecular flexibility index (Phi) is 5.61. The highest BCUT2D eigenvalue weighted by atomic mass is 79.9. The summed E-state index contributed by atoms with van der Waals surface area (Å²) in [6.45, 7) is 2.52. The Bertz CT molecular complexity index is 562. The minimum Gasteiger partial charge on any atom is -0.387 e. The fourth-order valence-corrected chi connectivity index (χ4v) is 2.88. The van der Waals surface area contributed by atoms with Crippen molar-refractivity contribution in [2.24, 2.45) is 0 Å². The van der Waals surface area contributed by atoms with Gasteiger partial charge in [-0.3, -0.25) is 0 Å². The van der Waals surface area contributed by atoms with Crippen LogP contribution in [0.3, 0.4) is 0 Å². The highest BCUT2D eigenvalue weighted by Crippen LogP contribution is 2.26. The number of rotatable bonds is 5. The molecule has 0 aliphatic heterocycles. The summed E-state index contributed by atoms with van der Waals surface area (Å²) >= 11 is 9.62. The lowest BCUT2D eigenvalue weighted by atomic mass is 10.1. The highest BCUT2D eigenvalue weighted by molar-refractivity contribution is 9.10. The highest BCUT2D eigenvalue weighted by Gasteiger charge is 2.12. The Morgan fingerprint density at radius 2 is 1.90 bits per heavy atom. The first-order valence-electron chi connectivity index (χ1n) is 6.49. The summed E-state index contributed by atoms with van der Waals surface area (Å²) in [5.74, 6) is 0. The Hall–Kier alpha value is -0.870. The third-order valence-corrected chi connectivity index (χ3v) is 4.05. The van der Waals surface area contributed by atoms with Crippen molar-refractivity contribution in [1.29, 1.82) is 0 Å². The normalized spacial score (nSPS) is 14.0. The second kappa shape index (κ2) is 7.23. The fourth-order valence-electron chi connectivity index (χ4n) is 2.04. The lowest BCUT2D eigenvalue weighted by molar-refractivity contribution is 0.171. The van der Waals surface area contributed by atoms with E-state index in [4.69, 9.17) is 11.6 Å². The average Bonchev–Trinajstić information content (AvgIpc) is 2.45. The Morgan fingerprint density at radius 1 is 1.20 bits per heavy atom. The van der Waals surface area contributed by atoms with Gasteiger partial charge >= 0.3 is 0 Å². The maximum absolute atomic E-state index is 10.1. The largest absolute Gasteiger partial charge is 0.387 e. The van der Waals surface area contributed by atoms with Crippen LogP contribution in [0.5, 0.6) is 0 Å². The summed E-state index contributed by atoms with van der Waals surface area (Å²) < 4.78 is 0.961. The van der Waals surface area contributed by atoms with Crippen molar-refractivity contribution in [1.82, 2.24) is 5.32 Å². The number of aliphatic hydroxyl groups is 1. The van der Waals surface area contributed by atoms with Crippen LogP contribution in [0.1, 0.15) is 30.2 Å². The van der Waals surface area contributed by atoms with Gasteiger partial charge in [0, 0.05) is 22.1 Å². The van der Waals surface area contributed by atoms with E-state index < -0.39 is 6.10 Å². The minimum absolute atomic E-state index is 0.0777. The van der Waals surface area contributed by atoms with E-state index in [2.05, 4.69) is 21.2 Å². The van der Waals surface area contributed by atoms with Gasteiger partial charge in [-0.1, -0.05) is 63.9 Å². The van der Waals surface area contributed by atoms with Crippen LogP contribution in [0.25, 0.3) is 0 Å². The molecule has 0 aliphatic rings. The summed E-state index contributed by atoms with van der Waals surface area (Å²) in [4.78, 5) is 0. The molecular weight excluding hydrogens is 338 g/mol. The molecule has 2 atom stereocenters. The molecule has 0 aromatic heterocycles. The Morgan fingerprint density at radius 3 is 2.55 bits per heavy atom. The molecule has 0 aliphatic carbocycles. The molecule has 2 unspecified atom stereocenters. The van der Waals surface area contributed by atoms with Crippen LogP contribution in [-0.2, 0) is 0 Å². The van der Waals surface area contributed by atoms with E-state index >= 15 is 0 Å². The van der Waals surface area contributed by atoms with Gasteiger partial charge < -0.3 is 10.4 Å². The summed E-state index contributed by atoms with van der Waals surface area (Å²) in [6, 6.07) is 15.5. The molecule has 2 N–H and O–H groups in total. The first-order valence-corrected chi connectivity index (χ1v) is 7.66. The zero-order valence-electron chi connectivity index (χ0n) is 11.2. The molecule has 2 rings (SSSR count). The third kappa shape index (κ3) is 4.06. The smallest absolute Gasteiger partial charge is 0.0914 e. The first kappa shape index (κ1) is 15.5. The second-order valence-corrected chi connectivity index (χ2v) is 6.05. The van der Waals surface area contributed by atoms with Crippen molar-refractivity contribution in [3.05, 3.63) is 69.2 Å². The lowest BCUT2D eigenvalue weighted by Gasteiger charge is -2.19. The van der Waals surface area contributed by atoms with Crippen molar-refractivity contribution in [3.63, 3.8) is 0 Å². The Labute approximate surface area is 132 Å². The molecule has 2 aromatic carbocycles. The standard InChI is InChI=1S/C16H17BrClNO/c1-11(14-8-7-13(17)9-15(14)18)19-10-16(20)12-5-3-2-4-6-12/h2-9,11,16,19-20H,10H2,1H3. The number of hydrogen-bond acceptors (Lipinski definition) is 2. The summed E-state index contributed by atoms with van der Waals surface area (Å²) in [5.41, 5.74) is 1.93. The van der Waals surface area contributed by atoms with Crippen molar-refractivity contribution >= 4 is 27.5 Å². The summed E-state index contributed by atoms with van der Waals surface area (Å²) in [5, 5.41) is 14.2. The molecule has 0 radical (unpaired) electrons. The third-order valence-electron chi connectivity index (χ3n) is 3.23. The molecule has 4 heteroatoms. The molecule has 0 amide bonds. The van der Waals surface area contributed by atoms with Gasteiger partial charge in [-0.2, -0.15) is 0 Å². The zero-order chi connectivity index (χ0) is 14.5. The van der Waals surface area contributed by atoms with Gasteiger partial charge in [-0.15, -0.1) is 0 Å². The number of nitrogens with one attached hydrogen (secondary N) is 1. The van der Waals surface area contributed by atoms with Gasteiger partial charge in [0.25, 0.3) is 0 Å². The number of aliphatic hydroxyl groups excluding tert-OH is 1. The van der Waals surface area contributed by atoms with E-state index in [0.717, 1.165) is 15.6 Å². The lowest BCUT2D eigenvalue weighted by Crippen LogP contribution is -2.24. The fraction of sp³-hybridized carbons (Fsp3) is 0.250. The van der Waals surface area contributed by atoms with Crippen LogP contribution in [0.2, 0.25) is 5.02 Å². The maximum Gasteiger partial charge on any atom is 0.0914 e. The summed E-state index contributed by atoms with van der Waals surface area (Å²) in [7, 11) is 0. The van der Waals surface area contributed by atoms with Crippen LogP contribution < -0.4 is 5.32 Å². The predicted octanol–water partition coefficient (Wildman–Crippen LogP) is 4.49. The van der Waals surface area contributed by atoms with Gasteiger partial charge in [0.2, 0.25) is 0 Å². The van der Waals surface area contributed by atoms with E-state index in [0.29, 0.717) is 11.6 Å². The van der Waals surface area contributed by atoms with Crippen LogP contribution >= 0.6 is 27.5 Å². The molecule has 0 fully saturated rings. The van der Waals surface area contributed by atoms with Crippen molar-refractivity contribution < 1.29 is 5.11 Å². The van der Waals surface area contributed by atoms with Gasteiger partial charge in [0.05, 0.1) is 6.10 Å². The molecule has 2 nitrogen and oxygen atoms in total. The van der Waals surface area contributed by atoms with Gasteiger partial charge in [-0.25, -0.2) is 0 Å². The SMILES string of the molecule is CC(NCC(O)c1ccccc1)c1ccc(Br)cc1Cl. The Balaban J connectivity index is 1.96.